The molecule has 2 aromatic carbocycles. The molecule has 1 saturated heterocycles. The Morgan fingerprint density at radius 1 is 1.04 bits per heavy atom. The summed E-state index contributed by atoms with van der Waals surface area (Å²) in [5.74, 6) is -0.172. The van der Waals surface area contributed by atoms with Gasteiger partial charge in [-0.2, -0.15) is 0 Å². The summed E-state index contributed by atoms with van der Waals surface area (Å²) >= 11 is 9.54. The lowest BCUT2D eigenvalue weighted by Crippen LogP contribution is -2.41. The number of hydrogen-bond acceptors (Lipinski definition) is 2. The van der Waals surface area contributed by atoms with Crippen molar-refractivity contribution in [1.82, 2.24) is 4.90 Å². The van der Waals surface area contributed by atoms with Crippen molar-refractivity contribution >= 4 is 45.0 Å². The molecule has 2 amide bonds. The Labute approximate surface area is 160 Å². The Morgan fingerprint density at radius 3 is 2.36 bits per heavy atom. The molecule has 130 valence electrons. The first-order valence-electron chi connectivity index (χ1n) is 8.15. The molecule has 1 aliphatic heterocycles. The van der Waals surface area contributed by atoms with Crippen LogP contribution >= 0.6 is 27.5 Å². The SMILES string of the molecule is O=C(Nc1ccccc1Br)C1CCN(C(=O)c2ccccc2Cl)CC1. The third-order valence-electron chi connectivity index (χ3n) is 4.39. The first-order chi connectivity index (χ1) is 12.1. The monoisotopic (exact) mass is 420 g/mol. The average Bonchev–Trinajstić information content (AvgIpc) is 2.63. The minimum atomic E-state index is -0.0950. The van der Waals surface area contributed by atoms with E-state index >= 15 is 0 Å². The molecular weight excluding hydrogens is 404 g/mol. The van der Waals surface area contributed by atoms with Crippen LogP contribution in [0.4, 0.5) is 5.69 Å². The molecule has 3 rings (SSSR count). The number of benzene rings is 2. The van der Waals surface area contributed by atoms with Crippen molar-refractivity contribution in [2.75, 3.05) is 18.4 Å². The third-order valence-corrected chi connectivity index (χ3v) is 5.41. The second kappa shape index (κ2) is 8.02. The number of nitrogens with zero attached hydrogens (tertiary/aromatic N) is 1. The van der Waals surface area contributed by atoms with Gasteiger partial charge in [-0.05, 0) is 53.0 Å². The molecule has 0 radical (unpaired) electrons. The summed E-state index contributed by atoms with van der Waals surface area (Å²) in [6, 6.07) is 14.6. The second-order valence-electron chi connectivity index (χ2n) is 6.02. The van der Waals surface area contributed by atoms with Crippen LogP contribution in [-0.2, 0) is 4.79 Å². The summed E-state index contributed by atoms with van der Waals surface area (Å²) in [4.78, 5) is 26.8. The van der Waals surface area contributed by atoms with E-state index in [9.17, 15) is 9.59 Å². The van der Waals surface area contributed by atoms with Crippen LogP contribution in [0.5, 0.6) is 0 Å². The van der Waals surface area contributed by atoms with E-state index < -0.39 is 0 Å². The predicted molar refractivity (Wildman–Crippen MR) is 103 cm³/mol. The molecule has 0 saturated carbocycles. The van der Waals surface area contributed by atoms with Crippen molar-refractivity contribution in [3.05, 3.63) is 63.6 Å². The maximum Gasteiger partial charge on any atom is 0.255 e. The van der Waals surface area contributed by atoms with Crippen molar-refractivity contribution < 1.29 is 9.59 Å². The zero-order valence-electron chi connectivity index (χ0n) is 13.5. The van der Waals surface area contributed by atoms with Crippen LogP contribution in [0.2, 0.25) is 5.02 Å². The van der Waals surface area contributed by atoms with Gasteiger partial charge in [0.25, 0.3) is 5.91 Å². The number of likely N-dealkylation sites (tertiary alicyclic amines) is 1. The van der Waals surface area contributed by atoms with Crippen molar-refractivity contribution in [3.8, 4) is 0 Å². The largest absolute Gasteiger partial charge is 0.339 e. The van der Waals surface area contributed by atoms with Crippen LogP contribution in [-0.4, -0.2) is 29.8 Å². The minimum absolute atomic E-state index is 0.00302. The number of anilines is 1. The fourth-order valence-corrected chi connectivity index (χ4v) is 3.55. The highest BCUT2D eigenvalue weighted by Crippen LogP contribution is 2.26. The first kappa shape index (κ1) is 18.0. The molecule has 0 aliphatic carbocycles. The summed E-state index contributed by atoms with van der Waals surface area (Å²) in [5, 5.41) is 3.41. The van der Waals surface area contributed by atoms with E-state index in [2.05, 4.69) is 21.2 Å². The third kappa shape index (κ3) is 4.22. The zero-order chi connectivity index (χ0) is 17.8. The molecule has 0 spiro atoms. The number of nitrogens with one attached hydrogen (secondary N) is 1. The number of amides is 2. The number of hydrogen-bond donors (Lipinski definition) is 1. The van der Waals surface area contributed by atoms with Gasteiger partial charge < -0.3 is 10.2 Å². The predicted octanol–water partition coefficient (Wildman–Crippen LogP) is 4.59. The molecule has 4 nitrogen and oxygen atoms in total. The lowest BCUT2D eigenvalue weighted by Gasteiger charge is -2.31. The molecule has 0 atom stereocenters. The van der Waals surface area contributed by atoms with Gasteiger partial charge in [-0.15, -0.1) is 0 Å². The summed E-state index contributed by atoms with van der Waals surface area (Å²) in [6.07, 6.45) is 1.29. The number of carbonyl (C=O) groups excluding carboxylic acids is 2. The van der Waals surface area contributed by atoms with Crippen LogP contribution in [0.3, 0.4) is 0 Å². The van der Waals surface area contributed by atoms with Gasteiger partial charge in [-0.25, -0.2) is 0 Å². The molecule has 1 N–H and O–H groups in total. The van der Waals surface area contributed by atoms with Crippen LogP contribution in [0.1, 0.15) is 23.2 Å². The Hall–Kier alpha value is -1.85. The molecule has 0 unspecified atom stereocenters. The molecule has 1 heterocycles. The molecule has 1 fully saturated rings. The average molecular weight is 422 g/mol. The summed E-state index contributed by atoms with van der Waals surface area (Å²) < 4.78 is 0.856. The number of para-hydroxylation sites is 1. The van der Waals surface area contributed by atoms with Gasteiger partial charge in [0.2, 0.25) is 5.91 Å². The molecule has 6 heteroatoms. The number of piperidine rings is 1. The second-order valence-corrected chi connectivity index (χ2v) is 7.28. The highest BCUT2D eigenvalue weighted by molar-refractivity contribution is 9.10. The van der Waals surface area contributed by atoms with Gasteiger partial charge in [0, 0.05) is 23.5 Å². The molecular formula is C19H18BrClN2O2. The first-order valence-corrected chi connectivity index (χ1v) is 9.32. The Balaban J connectivity index is 1.58. The van der Waals surface area contributed by atoms with Crippen molar-refractivity contribution in [1.29, 1.82) is 0 Å². The van der Waals surface area contributed by atoms with E-state index in [0.29, 0.717) is 36.5 Å². The Bertz CT molecular complexity index is 788. The van der Waals surface area contributed by atoms with E-state index in [4.69, 9.17) is 11.6 Å². The summed E-state index contributed by atoms with van der Waals surface area (Å²) in [5.41, 5.74) is 1.28. The maximum atomic E-state index is 12.6. The molecule has 0 bridgehead atoms. The fraction of sp³-hybridized carbons (Fsp3) is 0.263. The van der Waals surface area contributed by atoms with Gasteiger partial charge in [-0.1, -0.05) is 35.9 Å². The topological polar surface area (TPSA) is 49.4 Å². The zero-order valence-corrected chi connectivity index (χ0v) is 15.9. The molecule has 1 aliphatic rings. The van der Waals surface area contributed by atoms with E-state index in [0.717, 1.165) is 10.2 Å². The van der Waals surface area contributed by atoms with Gasteiger partial charge in [0.15, 0.2) is 0 Å². The standard InChI is InChI=1S/C19H18BrClN2O2/c20-15-6-2-4-8-17(15)22-18(24)13-9-11-23(12-10-13)19(25)14-5-1-3-7-16(14)21/h1-8,13H,9-12H2,(H,22,24). The summed E-state index contributed by atoms with van der Waals surface area (Å²) in [7, 11) is 0. The number of halogens is 2. The lowest BCUT2D eigenvalue weighted by molar-refractivity contribution is -0.121. The van der Waals surface area contributed by atoms with Crippen LogP contribution in [0, 0.1) is 5.92 Å². The molecule has 2 aromatic rings. The highest BCUT2D eigenvalue weighted by atomic mass is 79.9. The smallest absolute Gasteiger partial charge is 0.255 e. The molecule has 0 aromatic heterocycles. The van der Waals surface area contributed by atoms with E-state index in [-0.39, 0.29) is 17.7 Å². The highest BCUT2D eigenvalue weighted by Gasteiger charge is 2.28. The van der Waals surface area contributed by atoms with E-state index in [1.807, 2.05) is 24.3 Å². The fourth-order valence-electron chi connectivity index (χ4n) is 2.95. The lowest BCUT2D eigenvalue weighted by atomic mass is 9.95. The van der Waals surface area contributed by atoms with Crippen LogP contribution in [0.25, 0.3) is 0 Å². The summed E-state index contributed by atoms with van der Waals surface area (Å²) in [6.45, 7) is 1.11. The number of carbonyl (C=O) groups is 2. The Morgan fingerprint density at radius 2 is 1.68 bits per heavy atom. The van der Waals surface area contributed by atoms with Crippen LogP contribution in [0.15, 0.2) is 53.0 Å². The van der Waals surface area contributed by atoms with Crippen LogP contribution < -0.4 is 5.32 Å². The van der Waals surface area contributed by atoms with Crippen molar-refractivity contribution in [2.45, 2.75) is 12.8 Å². The van der Waals surface area contributed by atoms with Crippen molar-refractivity contribution in [3.63, 3.8) is 0 Å². The van der Waals surface area contributed by atoms with Gasteiger partial charge >= 0.3 is 0 Å². The molecule has 25 heavy (non-hydrogen) atoms. The number of rotatable bonds is 3. The normalized spacial score (nSPS) is 15.0. The van der Waals surface area contributed by atoms with Crippen molar-refractivity contribution in [2.24, 2.45) is 5.92 Å². The van der Waals surface area contributed by atoms with Gasteiger partial charge in [0.05, 0.1) is 16.3 Å². The van der Waals surface area contributed by atoms with Gasteiger partial charge in [-0.3, -0.25) is 9.59 Å². The quantitative estimate of drug-likeness (QED) is 0.788. The van der Waals surface area contributed by atoms with E-state index in [1.54, 1.807) is 29.2 Å². The maximum absolute atomic E-state index is 12.6. The minimum Gasteiger partial charge on any atom is -0.339 e. The van der Waals surface area contributed by atoms with E-state index in [1.165, 1.54) is 0 Å². The van der Waals surface area contributed by atoms with Gasteiger partial charge in [0.1, 0.15) is 0 Å². The Kier molecular flexibility index (Phi) is 5.76.